The van der Waals surface area contributed by atoms with Crippen LogP contribution < -0.4 is 5.32 Å². The van der Waals surface area contributed by atoms with Gasteiger partial charge in [0.1, 0.15) is 5.60 Å². The van der Waals surface area contributed by atoms with Crippen molar-refractivity contribution in [1.82, 2.24) is 5.32 Å². The van der Waals surface area contributed by atoms with E-state index in [1.54, 1.807) is 30.8 Å². The van der Waals surface area contributed by atoms with Gasteiger partial charge in [-0.15, -0.1) is 11.8 Å². The minimum absolute atomic E-state index is 0.160. The number of benzene rings is 1. The van der Waals surface area contributed by atoms with Crippen LogP contribution in [0.1, 0.15) is 23.7 Å². The molecule has 0 aromatic heterocycles. The summed E-state index contributed by atoms with van der Waals surface area (Å²) in [6.45, 7) is 2.48. The summed E-state index contributed by atoms with van der Waals surface area (Å²) in [6.07, 6.45) is 2.17. The number of hydrogen-bond acceptors (Lipinski definition) is 4. The predicted molar refractivity (Wildman–Crippen MR) is 80.5 cm³/mol. The van der Waals surface area contributed by atoms with Crippen molar-refractivity contribution in [2.75, 3.05) is 19.4 Å². The van der Waals surface area contributed by atoms with Crippen LogP contribution in [0.4, 0.5) is 0 Å². The van der Waals surface area contributed by atoms with Gasteiger partial charge in [-0.2, -0.15) is 0 Å². The van der Waals surface area contributed by atoms with Crippen LogP contribution in [0.25, 0.3) is 0 Å². The molecule has 1 aliphatic rings. The first kappa shape index (κ1) is 15.6. The molecule has 20 heavy (non-hydrogen) atoms. The number of hydrogen-bond donors (Lipinski definition) is 2. The number of nitrogens with one attached hydrogen (secondary N) is 1. The molecule has 0 bridgehead atoms. The fourth-order valence-corrected chi connectivity index (χ4v) is 2.78. The second-order valence-corrected chi connectivity index (χ2v) is 6.18. The molecule has 0 radical (unpaired) electrons. The lowest BCUT2D eigenvalue weighted by Gasteiger charge is -2.26. The topological polar surface area (TPSA) is 58.6 Å². The van der Waals surface area contributed by atoms with Crippen molar-refractivity contribution in [3.63, 3.8) is 0 Å². The third kappa shape index (κ3) is 3.28. The van der Waals surface area contributed by atoms with E-state index in [2.05, 4.69) is 5.32 Å². The summed E-state index contributed by atoms with van der Waals surface area (Å²) in [5.41, 5.74) is -0.576. The zero-order valence-corrected chi connectivity index (χ0v) is 13.1. The molecule has 2 unspecified atom stereocenters. The van der Waals surface area contributed by atoms with Crippen molar-refractivity contribution in [1.29, 1.82) is 0 Å². The summed E-state index contributed by atoms with van der Waals surface area (Å²) in [7, 11) is 0. The maximum atomic E-state index is 12.2. The average Bonchev–Trinajstić information content (AvgIpc) is 2.77. The maximum absolute atomic E-state index is 12.2. The molecule has 1 heterocycles. The van der Waals surface area contributed by atoms with Crippen LogP contribution in [0, 0.1) is 0 Å². The molecule has 2 rings (SSSR count). The Morgan fingerprint density at radius 1 is 1.65 bits per heavy atom. The summed E-state index contributed by atoms with van der Waals surface area (Å²) in [6, 6.07) is 5.32. The Morgan fingerprint density at radius 3 is 3.00 bits per heavy atom. The lowest BCUT2D eigenvalue weighted by Crippen LogP contribution is -2.47. The molecule has 110 valence electrons. The van der Waals surface area contributed by atoms with E-state index in [1.807, 2.05) is 12.3 Å². The van der Waals surface area contributed by atoms with E-state index >= 15 is 0 Å². The molecule has 1 aliphatic heterocycles. The normalized spacial score (nSPS) is 25.7. The lowest BCUT2D eigenvalue weighted by atomic mass is 9.96. The number of carbonyl (C=O) groups excluding carboxylic acids is 1. The first-order chi connectivity index (χ1) is 9.46. The van der Waals surface area contributed by atoms with Gasteiger partial charge in [0.15, 0.2) is 0 Å². The molecule has 1 amide bonds. The fraction of sp³-hybridized carbons (Fsp3) is 0.500. The molecule has 4 nitrogen and oxygen atoms in total. The van der Waals surface area contributed by atoms with E-state index in [-0.39, 0.29) is 18.6 Å². The van der Waals surface area contributed by atoms with E-state index in [0.717, 1.165) is 4.90 Å². The second kappa shape index (κ2) is 6.35. The van der Waals surface area contributed by atoms with Crippen LogP contribution in [0.2, 0.25) is 5.02 Å². The van der Waals surface area contributed by atoms with Gasteiger partial charge in [0.2, 0.25) is 0 Å². The van der Waals surface area contributed by atoms with Crippen LogP contribution in [0.15, 0.2) is 23.1 Å². The molecule has 2 N–H and O–H groups in total. The van der Waals surface area contributed by atoms with Gasteiger partial charge in [-0.3, -0.25) is 4.79 Å². The van der Waals surface area contributed by atoms with Crippen molar-refractivity contribution in [2.45, 2.75) is 29.9 Å². The molecule has 2 atom stereocenters. The Hall–Kier alpha value is -0.750. The Kier molecular flexibility index (Phi) is 4.96. The van der Waals surface area contributed by atoms with Gasteiger partial charge >= 0.3 is 0 Å². The summed E-state index contributed by atoms with van der Waals surface area (Å²) in [5.74, 6) is -0.279. The molecule has 0 aliphatic carbocycles. The van der Waals surface area contributed by atoms with E-state index < -0.39 is 5.60 Å². The minimum Gasteiger partial charge on any atom is -0.385 e. The quantitative estimate of drug-likeness (QED) is 0.837. The number of aliphatic hydroxyl groups is 1. The molecule has 1 saturated heterocycles. The number of halogens is 1. The van der Waals surface area contributed by atoms with Crippen molar-refractivity contribution < 1.29 is 14.6 Å². The van der Waals surface area contributed by atoms with Gasteiger partial charge in [0.05, 0.1) is 16.7 Å². The van der Waals surface area contributed by atoms with E-state index in [1.165, 1.54) is 0 Å². The predicted octanol–water partition coefficient (Wildman–Crippen LogP) is 2.33. The van der Waals surface area contributed by atoms with Crippen LogP contribution in [0.5, 0.6) is 0 Å². The highest BCUT2D eigenvalue weighted by Gasteiger charge is 2.39. The Balaban J connectivity index is 2.05. The van der Waals surface area contributed by atoms with E-state index in [4.69, 9.17) is 16.3 Å². The van der Waals surface area contributed by atoms with Gasteiger partial charge in [0.25, 0.3) is 5.91 Å². The Bertz CT molecular complexity index is 511. The van der Waals surface area contributed by atoms with E-state index in [0.29, 0.717) is 23.6 Å². The van der Waals surface area contributed by atoms with Gasteiger partial charge in [-0.05, 0) is 31.4 Å². The van der Waals surface area contributed by atoms with Crippen LogP contribution in [-0.4, -0.2) is 42.1 Å². The number of amides is 1. The highest BCUT2D eigenvalue weighted by Crippen LogP contribution is 2.26. The third-order valence-corrected chi connectivity index (χ3v) is 4.69. The third-order valence-electron chi connectivity index (χ3n) is 3.63. The molecule has 6 heteroatoms. The number of carbonyl (C=O) groups is 1. The zero-order chi connectivity index (χ0) is 14.8. The first-order valence-electron chi connectivity index (χ1n) is 6.42. The van der Waals surface area contributed by atoms with Gasteiger partial charge in [-0.1, -0.05) is 11.6 Å². The summed E-state index contributed by atoms with van der Waals surface area (Å²) in [4.78, 5) is 13.2. The SMILES string of the molecule is CSc1ccc(Cl)c(C(=O)NCC2(O)CCOC2C)c1. The Morgan fingerprint density at radius 2 is 2.40 bits per heavy atom. The van der Waals surface area contributed by atoms with Crippen LogP contribution in [0.3, 0.4) is 0 Å². The van der Waals surface area contributed by atoms with Crippen LogP contribution in [-0.2, 0) is 4.74 Å². The molecule has 0 spiro atoms. The van der Waals surface area contributed by atoms with Crippen molar-refractivity contribution in [2.24, 2.45) is 0 Å². The Labute approximate surface area is 127 Å². The second-order valence-electron chi connectivity index (χ2n) is 4.90. The molecule has 1 aromatic carbocycles. The minimum atomic E-state index is -1.00. The van der Waals surface area contributed by atoms with Gasteiger partial charge < -0.3 is 15.2 Å². The van der Waals surface area contributed by atoms with Gasteiger partial charge in [0, 0.05) is 24.5 Å². The summed E-state index contributed by atoms with van der Waals surface area (Å²) in [5, 5.41) is 13.5. The molecule has 1 fully saturated rings. The molecular weight excluding hydrogens is 298 g/mol. The molecule has 0 saturated carbocycles. The monoisotopic (exact) mass is 315 g/mol. The summed E-state index contributed by atoms with van der Waals surface area (Å²) < 4.78 is 5.34. The number of thioether (sulfide) groups is 1. The lowest BCUT2D eigenvalue weighted by molar-refractivity contribution is -0.0251. The van der Waals surface area contributed by atoms with Crippen LogP contribution >= 0.6 is 23.4 Å². The van der Waals surface area contributed by atoms with Gasteiger partial charge in [-0.25, -0.2) is 0 Å². The van der Waals surface area contributed by atoms with Crippen molar-refractivity contribution in [3.05, 3.63) is 28.8 Å². The highest BCUT2D eigenvalue weighted by molar-refractivity contribution is 7.98. The van der Waals surface area contributed by atoms with E-state index in [9.17, 15) is 9.90 Å². The zero-order valence-electron chi connectivity index (χ0n) is 11.5. The largest absolute Gasteiger partial charge is 0.385 e. The first-order valence-corrected chi connectivity index (χ1v) is 8.02. The maximum Gasteiger partial charge on any atom is 0.252 e. The molecular formula is C14H18ClNO3S. The fourth-order valence-electron chi connectivity index (χ4n) is 2.14. The van der Waals surface area contributed by atoms with Crippen molar-refractivity contribution >= 4 is 29.3 Å². The smallest absolute Gasteiger partial charge is 0.252 e. The highest BCUT2D eigenvalue weighted by atomic mass is 35.5. The summed E-state index contributed by atoms with van der Waals surface area (Å²) >= 11 is 7.59. The van der Waals surface area contributed by atoms with Crippen molar-refractivity contribution in [3.8, 4) is 0 Å². The standard InChI is InChI=1S/C14H18ClNO3S/c1-9-14(18,5-6-19-9)8-16-13(17)11-7-10(20-2)3-4-12(11)15/h3-4,7,9,18H,5-6,8H2,1-2H3,(H,16,17). The number of ether oxygens (including phenoxy) is 1. The molecule has 1 aromatic rings. The average molecular weight is 316 g/mol. The number of rotatable bonds is 4.